The summed E-state index contributed by atoms with van der Waals surface area (Å²) in [6.07, 6.45) is 6.35. The van der Waals surface area contributed by atoms with Gasteiger partial charge in [-0.3, -0.25) is 14.7 Å². The zero-order chi connectivity index (χ0) is 32.0. The number of ether oxygens (including phenoxy) is 2. The minimum Gasteiger partial charge on any atom is -0.447 e. The molecule has 2 amide bonds. The fourth-order valence-electron chi connectivity index (χ4n) is 5.52. The summed E-state index contributed by atoms with van der Waals surface area (Å²) in [4.78, 5) is 36.6. The molecule has 2 aliphatic rings. The molecular formula is C33H43ClN6O4. The van der Waals surface area contributed by atoms with Gasteiger partial charge in [-0.1, -0.05) is 30.3 Å². The van der Waals surface area contributed by atoms with Crippen LogP contribution in [0.1, 0.15) is 56.1 Å². The molecule has 2 aromatic rings. The lowest BCUT2D eigenvalue weighted by atomic mass is 9.89. The highest BCUT2D eigenvalue weighted by Crippen LogP contribution is 2.42. The maximum absolute atomic E-state index is 13.2. The molecule has 2 unspecified atom stereocenters. The molecule has 4 rings (SSSR count). The molecule has 0 saturated carbocycles. The summed E-state index contributed by atoms with van der Waals surface area (Å²) in [5, 5.41) is 3.70. The summed E-state index contributed by atoms with van der Waals surface area (Å²) >= 11 is 6.65. The first kappa shape index (κ1) is 33.0. The second kappa shape index (κ2) is 14.7. The summed E-state index contributed by atoms with van der Waals surface area (Å²) in [5.41, 5.74) is 11.2. The van der Waals surface area contributed by atoms with Crippen LogP contribution in [0.4, 0.5) is 4.79 Å². The van der Waals surface area contributed by atoms with Crippen molar-refractivity contribution in [2.45, 2.75) is 52.0 Å². The average molecular weight is 623 g/mol. The number of benzene rings is 1. The van der Waals surface area contributed by atoms with Gasteiger partial charge in [-0.05, 0) is 80.4 Å². The number of likely N-dealkylation sites (N-methyl/N-ethyl adjacent to an activating group) is 1. The van der Waals surface area contributed by atoms with Crippen LogP contribution in [0.2, 0.25) is 5.02 Å². The summed E-state index contributed by atoms with van der Waals surface area (Å²) in [6, 6.07) is 8.81. The number of nitrogens with one attached hydrogen (secondary N) is 1. The fraction of sp³-hybridized carbons (Fsp3) is 0.424. The van der Waals surface area contributed by atoms with Crippen LogP contribution in [0.25, 0.3) is 11.6 Å². The van der Waals surface area contributed by atoms with Crippen LogP contribution >= 0.6 is 11.6 Å². The first-order chi connectivity index (χ1) is 21.0. The molecule has 1 aromatic heterocycles. The van der Waals surface area contributed by atoms with E-state index in [0.717, 1.165) is 28.0 Å². The lowest BCUT2D eigenvalue weighted by Gasteiger charge is -2.39. The van der Waals surface area contributed by atoms with Gasteiger partial charge in [-0.15, -0.1) is 0 Å². The maximum Gasteiger partial charge on any atom is 0.410 e. The predicted molar refractivity (Wildman–Crippen MR) is 173 cm³/mol. The third-order valence-corrected chi connectivity index (χ3v) is 7.88. The molecule has 1 aliphatic carbocycles. The van der Waals surface area contributed by atoms with E-state index in [2.05, 4.69) is 16.8 Å². The molecule has 1 aromatic carbocycles. The third-order valence-electron chi connectivity index (χ3n) is 7.65. The van der Waals surface area contributed by atoms with Crippen LogP contribution < -0.4 is 11.1 Å². The van der Waals surface area contributed by atoms with Crippen LogP contribution in [0.3, 0.4) is 0 Å². The van der Waals surface area contributed by atoms with E-state index in [1.54, 1.807) is 22.2 Å². The van der Waals surface area contributed by atoms with Gasteiger partial charge in [-0.25, -0.2) is 4.79 Å². The Morgan fingerprint density at radius 1 is 1.18 bits per heavy atom. The van der Waals surface area contributed by atoms with Crippen molar-refractivity contribution >= 4 is 35.3 Å². The highest BCUT2D eigenvalue weighted by Gasteiger charge is 2.36. The van der Waals surface area contributed by atoms with Crippen molar-refractivity contribution < 1.29 is 19.1 Å². The number of aromatic nitrogens is 1. The summed E-state index contributed by atoms with van der Waals surface area (Å²) in [7, 11) is 1.83. The SMILES string of the molecule is C=CN(C)/C(=C\N)C(NC(=O)COC(C)C)C1=Cc2cccnc2C(N2CCN(C(=O)OC(C)C)CC2)c2ccc(Cl)cc21. The number of pyridine rings is 1. The number of halogens is 1. The monoisotopic (exact) mass is 622 g/mol. The molecule has 1 saturated heterocycles. The van der Waals surface area contributed by atoms with Crippen LogP contribution in [-0.2, 0) is 14.3 Å². The Morgan fingerprint density at radius 2 is 1.91 bits per heavy atom. The molecule has 236 valence electrons. The van der Waals surface area contributed by atoms with Crippen molar-refractivity contribution in [2.75, 3.05) is 39.8 Å². The zero-order valence-electron chi connectivity index (χ0n) is 26.1. The molecule has 10 nitrogen and oxygen atoms in total. The quantitative estimate of drug-likeness (QED) is 0.395. The number of carbonyl (C=O) groups is 2. The van der Waals surface area contributed by atoms with Gasteiger partial charge >= 0.3 is 6.09 Å². The number of hydrogen-bond donors (Lipinski definition) is 2. The second-order valence-corrected chi connectivity index (χ2v) is 11.8. The Kier molecular flexibility index (Phi) is 11.1. The van der Waals surface area contributed by atoms with Gasteiger partial charge in [0.2, 0.25) is 5.91 Å². The lowest BCUT2D eigenvalue weighted by Crippen LogP contribution is -2.50. The molecular weight excluding hydrogens is 580 g/mol. The predicted octanol–water partition coefficient (Wildman–Crippen LogP) is 4.63. The van der Waals surface area contributed by atoms with E-state index in [9.17, 15) is 9.59 Å². The van der Waals surface area contributed by atoms with Crippen LogP contribution in [-0.4, -0.2) is 89.8 Å². The largest absolute Gasteiger partial charge is 0.447 e. The standard InChI is InChI=1S/C33H43ClN6O4/c1-7-38(6)28(19-35)31(37-29(41)20-43-21(2)3)27-17-23-9-8-12-36-30(23)32(25-11-10-24(34)18-26(25)27)39-13-15-40(16-14-39)33(42)44-22(4)5/h7-12,17-19,21-22,31-32H,1,13-16,20,35H2,2-6H3,(H,37,41)/b28-19-. The van der Waals surface area contributed by atoms with Crippen molar-refractivity contribution in [1.82, 2.24) is 25.0 Å². The van der Waals surface area contributed by atoms with Gasteiger partial charge in [-0.2, -0.15) is 0 Å². The molecule has 3 N–H and O–H groups in total. The molecule has 0 spiro atoms. The maximum atomic E-state index is 13.2. The number of piperazine rings is 1. The number of nitrogens with zero attached hydrogens (tertiary/aromatic N) is 4. The van der Waals surface area contributed by atoms with Crippen molar-refractivity contribution in [2.24, 2.45) is 5.73 Å². The van der Waals surface area contributed by atoms with E-state index in [1.165, 1.54) is 6.20 Å². The van der Waals surface area contributed by atoms with Gasteiger partial charge in [0, 0.05) is 50.6 Å². The fourth-order valence-corrected chi connectivity index (χ4v) is 5.69. The Bertz CT molecular complexity index is 1420. The minimum absolute atomic E-state index is 0.107. The summed E-state index contributed by atoms with van der Waals surface area (Å²) < 4.78 is 11.1. The topological polar surface area (TPSA) is 113 Å². The minimum atomic E-state index is -0.669. The molecule has 0 radical (unpaired) electrons. The number of carbonyl (C=O) groups excluding carboxylic acids is 2. The first-order valence-corrected chi connectivity index (χ1v) is 15.3. The molecule has 44 heavy (non-hydrogen) atoms. The van der Waals surface area contributed by atoms with E-state index < -0.39 is 6.04 Å². The molecule has 2 atom stereocenters. The molecule has 1 aliphatic heterocycles. The molecule has 0 bridgehead atoms. The molecule has 1 fully saturated rings. The van der Waals surface area contributed by atoms with E-state index in [1.807, 2.05) is 71.2 Å². The van der Waals surface area contributed by atoms with Crippen molar-refractivity contribution in [1.29, 1.82) is 0 Å². The Labute approximate surface area is 265 Å². The van der Waals surface area contributed by atoms with Crippen molar-refractivity contribution in [3.63, 3.8) is 0 Å². The van der Waals surface area contributed by atoms with E-state index in [4.69, 9.17) is 31.8 Å². The summed E-state index contributed by atoms with van der Waals surface area (Å²) in [5.74, 6) is -0.290. The van der Waals surface area contributed by atoms with Crippen LogP contribution in [0, 0.1) is 0 Å². The number of fused-ring (bicyclic) bond motifs is 2. The lowest BCUT2D eigenvalue weighted by molar-refractivity contribution is -0.127. The summed E-state index contributed by atoms with van der Waals surface area (Å²) in [6.45, 7) is 13.5. The van der Waals surface area contributed by atoms with Gasteiger partial charge in [0.25, 0.3) is 0 Å². The number of hydrogen-bond acceptors (Lipinski definition) is 8. The Morgan fingerprint density at radius 3 is 2.55 bits per heavy atom. The first-order valence-electron chi connectivity index (χ1n) is 14.9. The second-order valence-electron chi connectivity index (χ2n) is 11.4. The van der Waals surface area contributed by atoms with Crippen LogP contribution in [0.15, 0.2) is 61.2 Å². The van der Waals surface area contributed by atoms with Gasteiger partial charge in [0.15, 0.2) is 0 Å². The highest BCUT2D eigenvalue weighted by molar-refractivity contribution is 6.30. The number of amides is 2. The Balaban J connectivity index is 1.81. The van der Waals surface area contributed by atoms with Gasteiger partial charge in [0.1, 0.15) is 6.61 Å². The van der Waals surface area contributed by atoms with Crippen LogP contribution in [0.5, 0.6) is 0 Å². The zero-order valence-corrected chi connectivity index (χ0v) is 26.9. The normalized spacial score (nSPS) is 17.7. The van der Waals surface area contributed by atoms with E-state index >= 15 is 0 Å². The van der Waals surface area contributed by atoms with E-state index in [0.29, 0.717) is 36.9 Å². The third kappa shape index (κ3) is 7.61. The van der Waals surface area contributed by atoms with Gasteiger partial charge < -0.3 is 30.3 Å². The highest BCUT2D eigenvalue weighted by atomic mass is 35.5. The molecule has 11 heteroatoms. The van der Waals surface area contributed by atoms with Crippen molar-refractivity contribution in [3.8, 4) is 0 Å². The molecule has 2 heterocycles. The van der Waals surface area contributed by atoms with Gasteiger partial charge in [0.05, 0.1) is 35.7 Å². The number of nitrogens with two attached hydrogens (primary N) is 1. The number of rotatable bonds is 10. The average Bonchev–Trinajstić information content (AvgIpc) is 3.13. The Hall–Kier alpha value is -3.86. The smallest absolute Gasteiger partial charge is 0.410 e. The van der Waals surface area contributed by atoms with Crippen molar-refractivity contribution in [3.05, 3.63) is 88.6 Å². The van der Waals surface area contributed by atoms with E-state index in [-0.39, 0.29) is 36.9 Å².